The van der Waals surface area contributed by atoms with Crippen LogP contribution in [-0.4, -0.2) is 55.5 Å². The molecule has 3 rings (SSSR count). The zero-order valence-electron chi connectivity index (χ0n) is 15.3. The number of rotatable bonds is 5. The second-order valence-electron chi connectivity index (χ2n) is 6.80. The van der Waals surface area contributed by atoms with Gasteiger partial charge in [-0.2, -0.15) is 17.5 Å². The van der Waals surface area contributed by atoms with E-state index in [2.05, 4.69) is 0 Å². The van der Waals surface area contributed by atoms with E-state index in [4.69, 9.17) is 0 Å². The van der Waals surface area contributed by atoms with Crippen LogP contribution in [0.1, 0.15) is 17.2 Å². The molecular formula is C19H20F4N2O3S. The van der Waals surface area contributed by atoms with Gasteiger partial charge < -0.3 is 5.11 Å². The van der Waals surface area contributed by atoms with Gasteiger partial charge in [-0.25, -0.2) is 12.8 Å². The van der Waals surface area contributed by atoms with Crippen LogP contribution < -0.4 is 0 Å². The fraction of sp³-hybridized carbons (Fsp3) is 0.368. The second-order valence-corrected chi connectivity index (χ2v) is 8.74. The van der Waals surface area contributed by atoms with Gasteiger partial charge in [0.1, 0.15) is 5.82 Å². The maximum atomic E-state index is 13.3. The summed E-state index contributed by atoms with van der Waals surface area (Å²) in [5.74, 6) is -0.460. The first-order valence-corrected chi connectivity index (χ1v) is 10.3. The molecule has 1 heterocycles. The van der Waals surface area contributed by atoms with E-state index < -0.39 is 38.6 Å². The lowest BCUT2D eigenvalue weighted by molar-refractivity contribution is -0.137. The van der Waals surface area contributed by atoms with Crippen LogP contribution in [0, 0.1) is 5.82 Å². The number of sulfonamides is 1. The first kappa shape index (κ1) is 21.7. The van der Waals surface area contributed by atoms with Crippen LogP contribution in [0.3, 0.4) is 0 Å². The van der Waals surface area contributed by atoms with E-state index in [-0.39, 0.29) is 19.6 Å². The van der Waals surface area contributed by atoms with Gasteiger partial charge in [-0.15, -0.1) is 0 Å². The Morgan fingerprint density at radius 1 is 1.00 bits per heavy atom. The van der Waals surface area contributed by atoms with Crippen molar-refractivity contribution in [3.05, 3.63) is 65.5 Å². The van der Waals surface area contributed by atoms with Gasteiger partial charge in [0, 0.05) is 32.7 Å². The SMILES string of the molecule is O=S(=O)(c1cccc(C(F)(F)F)c1)N1CCN(CC(O)c2cccc(F)c2)CC1. The molecule has 1 N–H and O–H groups in total. The molecule has 29 heavy (non-hydrogen) atoms. The van der Waals surface area contributed by atoms with Crippen molar-refractivity contribution in [2.45, 2.75) is 17.2 Å². The summed E-state index contributed by atoms with van der Waals surface area (Å²) in [6.07, 6.45) is -5.56. The van der Waals surface area contributed by atoms with Crippen LogP contribution in [0.5, 0.6) is 0 Å². The maximum Gasteiger partial charge on any atom is 0.416 e. The number of alkyl halides is 3. The van der Waals surface area contributed by atoms with Crippen molar-refractivity contribution >= 4 is 10.0 Å². The van der Waals surface area contributed by atoms with Gasteiger partial charge >= 0.3 is 6.18 Å². The largest absolute Gasteiger partial charge is 0.416 e. The molecule has 0 aliphatic carbocycles. The number of piperazine rings is 1. The molecule has 2 aromatic rings. The lowest BCUT2D eigenvalue weighted by Gasteiger charge is -2.35. The molecule has 0 aromatic heterocycles. The van der Waals surface area contributed by atoms with Gasteiger partial charge in [-0.1, -0.05) is 18.2 Å². The Hall–Kier alpha value is -2.01. The minimum absolute atomic E-state index is 0.0778. The fourth-order valence-corrected chi connectivity index (χ4v) is 4.67. The molecule has 0 radical (unpaired) electrons. The van der Waals surface area contributed by atoms with Crippen LogP contribution in [-0.2, 0) is 16.2 Å². The van der Waals surface area contributed by atoms with Crippen LogP contribution in [0.4, 0.5) is 17.6 Å². The molecule has 0 amide bonds. The summed E-state index contributed by atoms with van der Waals surface area (Å²) >= 11 is 0. The summed E-state index contributed by atoms with van der Waals surface area (Å²) in [6, 6.07) is 9.27. The van der Waals surface area contributed by atoms with Gasteiger partial charge in [-0.3, -0.25) is 4.90 Å². The number of halogens is 4. The van der Waals surface area contributed by atoms with Gasteiger partial charge in [0.15, 0.2) is 0 Å². The summed E-state index contributed by atoms with van der Waals surface area (Å²) in [5.41, 5.74) is -0.598. The zero-order valence-corrected chi connectivity index (χ0v) is 16.1. The normalized spacial score (nSPS) is 18.0. The maximum absolute atomic E-state index is 13.3. The second kappa shape index (κ2) is 8.39. The van der Waals surface area contributed by atoms with E-state index in [1.165, 1.54) is 18.2 Å². The number of hydrogen-bond acceptors (Lipinski definition) is 4. The molecule has 1 aliphatic rings. The number of nitrogens with zero attached hydrogens (tertiary/aromatic N) is 2. The predicted octanol–water partition coefficient (Wildman–Crippen LogP) is 2.88. The molecule has 1 unspecified atom stereocenters. The Kier molecular flexibility index (Phi) is 6.27. The van der Waals surface area contributed by atoms with Crippen molar-refractivity contribution in [1.82, 2.24) is 9.21 Å². The molecule has 158 valence electrons. The van der Waals surface area contributed by atoms with Crippen LogP contribution in [0.15, 0.2) is 53.4 Å². The third-order valence-corrected chi connectivity index (χ3v) is 6.69. The lowest BCUT2D eigenvalue weighted by atomic mass is 10.1. The Labute approximate surface area is 166 Å². The average Bonchev–Trinajstić information content (AvgIpc) is 2.68. The smallest absolute Gasteiger partial charge is 0.387 e. The summed E-state index contributed by atoms with van der Waals surface area (Å²) in [4.78, 5) is 1.42. The van der Waals surface area contributed by atoms with E-state index >= 15 is 0 Å². The molecule has 1 saturated heterocycles. The van der Waals surface area contributed by atoms with E-state index in [0.29, 0.717) is 24.7 Å². The van der Waals surface area contributed by atoms with Crippen LogP contribution in [0.25, 0.3) is 0 Å². The summed E-state index contributed by atoms with van der Waals surface area (Å²) < 4.78 is 78.4. The van der Waals surface area contributed by atoms with Gasteiger partial charge in [0.05, 0.1) is 16.6 Å². The first-order chi connectivity index (χ1) is 13.6. The summed E-state index contributed by atoms with van der Waals surface area (Å²) in [5, 5.41) is 10.3. The van der Waals surface area contributed by atoms with Gasteiger partial charge in [0.2, 0.25) is 10.0 Å². The van der Waals surface area contributed by atoms with Crippen molar-refractivity contribution < 1.29 is 31.1 Å². The predicted molar refractivity (Wildman–Crippen MR) is 98.0 cm³/mol. The van der Waals surface area contributed by atoms with Crippen molar-refractivity contribution in [3.63, 3.8) is 0 Å². The molecule has 1 fully saturated rings. The van der Waals surface area contributed by atoms with Crippen molar-refractivity contribution in [2.75, 3.05) is 32.7 Å². The molecule has 10 heteroatoms. The number of hydrogen-bond donors (Lipinski definition) is 1. The van der Waals surface area contributed by atoms with Crippen molar-refractivity contribution in [1.29, 1.82) is 0 Å². The Morgan fingerprint density at radius 2 is 1.66 bits per heavy atom. The standard InChI is InChI=1S/C19H20F4N2O3S/c20-16-5-1-3-14(11-16)18(26)13-24-7-9-25(10-8-24)29(27,28)17-6-2-4-15(12-17)19(21,22)23/h1-6,11-12,18,26H,7-10,13H2. The van der Waals surface area contributed by atoms with E-state index in [0.717, 1.165) is 22.5 Å². The molecular weight excluding hydrogens is 412 g/mol. The number of aliphatic hydroxyl groups excluding tert-OH is 1. The molecule has 0 bridgehead atoms. The Morgan fingerprint density at radius 3 is 2.28 bits per heavy atom. The van der Waals surface area contributed by atoms with E-state index in [1.54, 1.807) is 6.07 Å². The van der Waals surface area contributed by atoms with E-state index in [1.807, 2.05) is 4.90 Å². The molecule has 0 saturated carbocycles. The number of benzene rings is 2. The minimum atomic E-state index is -4.63. The monoisotopic (exact) mass is 432 g/mol. The molecule has 2 aromatic carbocycles. The third kappa shape index (κ3) is 5.13. The van der Waals surface area contributed by atoms with Crippen molar-refractivity contribution in [2.24, 2.45) is 0 Å². The van der Waals surface area contributed by atoms with Crippen LogP contribution in [0.2, 0.25) is 0 Å². The molecule has 5 nitrogen and oxygen atoms in total. The number of β-amino-alcohol motifs (C(OH)–C–C–N with tert-alkyl or cyclic N) is 1. The average molecular weight is 432 g/mol. The highest BCUT2D eigenvalue weighted by Gasteiger charge is 2.34. The molecule has 0 spiro atoms. The minimum Gasteiger partial charge on any atom is -0.387 e. The highest BCUT2D eigenvalue weighted by molar-refractivity contribution is 7.89. The third-order valence-electron chi connectivity index (χ3n) is 4.79. The highest BCUT2D eigenvalue weighted by atomic mass is 32.2. The summed E-state index contributed by atoms with van der Waals surface area (Å²) in [7, 11) is -4.06. The van der Waals surface area contributed by atoms with Crippen molar-refractivity contribution in [3.8, 4) is 0 Å². The van der Waals surface area contributed by atoms with Gasteiger partial charge in [-0.05, 0) is 35.9 Å². The van der Waals surface area contributed by atoms with Crippen LogP contribution >= 0.6 is 0 Å². The zero-order chi connectivity index (χ0) is 21.2. The molecule has 1 atom stereocenters. The molecule has 1 aliphatic heterocycles. The summed E-state index contributed by atoms with van der Waals surface area (Å²) in [6.45, 7) is 0.943. The Balaban J connectivity index is 1.64. The highest BCUT2D eigenvalue weighted by Crippen LogP contribution is 2.31. The number of aliphatic hydroxyl groups is 1. The van der Waals surface area contributed by atoms with Gasteiger partial charge in [0.25, 0.3) is 0 Å². The first-order valence-electron chi connectivity index (χ1n) is 8.90. The lowest BCUT2D eigenvalue weighted by Crippen LogP contribution is -2.49. The fourth-order valence-electron chi connectivity index (χ4n) is 3.20. The quantitative estimate of drug-likeness (QED) is 0.739. The van der Waals surface area contributed by atoms with E-state index in [9.17, 15) is 31.1 Å². The topological polar surface area (TPSA) is 60.9 Å². The Bertz CT molecular complexity index is 958.